The first kappa shape index (κ1) is 23.0. The van der Waals surface area contributed by atoms with Crippen molar-refractivity contribution in [3.8, 4) is 5.75 Å². The van der Waals surface area contributed by atoms with Crippen molar-refractivity contribution in [3.05, 3.63) is 100 Å². The molecule has 0 spiro atoms. The summed E-state index contributed by atoms with van der Waals surface area (Å²) in [5.41, 5.74) is 2.72. The molecule has 32 heavy (non-hydrogen) atoms. The topological polar surface area (TPSA) is 84.5 Å². The van der Waals surface area contributed by atoms with E-state index in [-0.39, 0.29) is 18.4 Å². The molecule has 3 aromatic carbocycles. The molecule has 162 valence electrons. The number of hydrogen-bond acceptors (Lipinski definition) is 4. The minimum atomic E-state index is -0.451. The zero-order chi connectivity index (χ0) is 22.9. The molecule has 2 amide bonds. The third-order valence-electron chi connectivity index (χ3n) is 4.32. The molecule has 0 aromatic heterocycles. The highest BCUT2D eigenvalue weighted by Gasteiger charge is 2.08. The van der Waals surface area contributed by atoms with Crippen LogP contribution in [0.25, 0.3) is 6.08 Å². The van der Waals surface area contributed by atoms with Gasteiger partial charge < -0.3 is 15.4 Å². The second kappa shape index (κ2) is 11.1. The lowest BCUT2D eigenvalue weighted by Gasteiger charge is -2.09. The molecule has 6 nitrogen and oxygen atoms in total. The zero-order valence-electron chi connectivity index (χ0n) is 17.3. The average Bonchev–Trinajstić information content (AvgIpc) is 2.77. The molecule has 0 unspecified atom stereocenters. The molecule has 3 rings (SSSR count). The summed E-state index contributed by atoms with van der Waals surface area (Å²) in [7, 11) is 0. The molecule has 0 saturated heterocycles. The Labute approximate surface area is 194 Å². The molecule has 2 N–H and O–H groups in total. The van der Waals surface area contributed by atoms with E-state index in [9.17, 15) is 14.4 Å². The van der Waals surface area contributed by atoms with Crippen LogP contribution in [0.1, 0.15) is 28.4 Å². The lowest BCUT2D eigenvalue weighted by Crippen LogP contribution is -2.23. The minimum absolute atomic E-state index is 0.260. The van der Waals surface area contributed by atoms with Crippen LogP contribution in [-0.4, -0.2) is 17.8 Å². The Morgan fingerprint density at radius 3 is 2.53 bits per heavy atom. The summed E-state index contributed by atoms with van der Waals surface area (Å²) in [5.74, 6) is -0.702. The maximum absolute atomic E-state index is 12.4. The molecule has 0 aliphatic rings. The highest BCUT2D eigenvalue weighted by Crippen LogP contribution is 2.18. The Hall–Kier alpha value is -3.71. The van der Waals surface area contributed by atoms with E-state index in [4.69, 9.17) is 4.74 Å². The monoisotopic (exact) mass is 492 g/mol. The largest absolute Gasteiger partial charge is 0.427 e. The summed E-state index contributed by atoms with van der Waals surface area (Å²) in [5, 5.41) is 5.63. The predicted molar refractivity (Wildman–Crippen MR) is 127 cm³/mol. The third kappa shape index (κ3) is 6.92. The molecule has 0 fully saturated rings. The molecular weight excluding hydrogens is 472 g/mol. The maximum atomic E-state index is 12.4. The van der Waals surface area contributed by atoms with E-state index in [2.05, 4.69) is 26.6 Å². The molecule has 0 aliphatic heterocycles. The van der Waals surface area contributed by atoms with Gasteiger partial charge in [-0.1, -0.05) is 52.3 Å². The van der Waals surface area contributed by atoms with Crippen LogP contribution < -0.4 is 15.4 Å². The number of benzene rings is 3. The van der Waals surface area contributed by atoms with Crippen LogP contribution in [0.15, 0.2) is 83.3 Å². The number of anilines is 1. The second-order valence-electron chi connectivity index (χ2n) is 6.85. The predicted octanol–water partition coefficient (Wildman–Crippen LogP) is 4.96. The van der Waals surface area contributed by atoms with E-state index in [1.54, 1.807) is 42.5 Å². The van der Waals surface area contributed by atoms with Crippen LogP contribution in [0.5, 0.6) is 5.75 Å². The smallest absolute Gasteiger partial charge is 0.308 e. The highest BCUT2D eigenvalue weighted by atomic mass is 79.9. The first-order valence-electron chi connectivity index (χ1n) is 9.80. The van der Waals surface area contributed by atoms with Crippen molar-refractivity contribution >= 4 is 45.5 Å². The van der Waals surface area contributed by atoms with Gasteiger partial charge in [-0.25, -0.2) is 0 Å². The number of amides is 2. The zero-order valence-corrected chi connectivity index (χ0v) is 18.9. The van der Waals surface area contributed by atoms with E-state index >= 15 is 0 Å². The average molecular weight is 493 g/mol. The Balaban J connectivity index is 1.58. The third-order valence-corrected chi connectivity index (χ3v) is 5.05. The molecule has 0 atom stereocenters. The van der Waals surface area contributed by atoms with E-state index in [1.807, 2.05) is 30.3 Å². The van der Waals surface area contributed by atoms with Crippen molar-refractivity contribution in [2.24, 2.45) is 0 Å². The van der Waals surface area contributed by atoms with Gasteiger partial charge in [-0.3, -0.25) is 14.4 Å². The van der Waals surface area contributed by atoms with Gasteiger partial charge in [0.15, 0.2) is 0 Å². The summed E-state index contributed by atoms with van der Waals surface area (Å²) >= 11 is 3.44. The Bertz CT molecular complexity index is 1170. The fourth-order valence-electron chi connectivity index (χ4n) is 2.87. The fraction of sp³-hybridized carbons (Fsp3) is 0.0800. The van der Waals surface area contributed by atoms with Crippen LogP contribution in [0.3, 0.4) is 0 Å². The number of nitrogens with one attached hydrogen (secondary N) is 2. The first-order valence-corrected chi connectivity index (χ1v) is 10.6. The van der Waals surface area contributed by atoms with Crippen molar-refractivity contribution in [1.82, 2.24) is 5.32 Å². The number of ether oxygens (including phenoxy) is 1. The summed E-state index contributed by atoms with van der Waals surface area (Å²) in [4.78, 5) is 35.8. The Morgan fingerprint density at radius 2 is 1.75 bits per heavy atom. The van der Waals surface area contributed by atoms with Crippen molar-refractivity contribution in [2.75, 3.05) is 5.32 Å². The van der Waals surface area contributed by atoms with Gasteiger partial charge in [-0.05, 0) is 53.6 Å². The van der Waals surface area contributed by atoms with Gasteiger partial charge in [-0.15, -0.1) is 0 Å². The highest BCUT2D eigenvalue weighted by molar-refractivity contribution is 9.10. The lowest BCUT2D eigenvalue weighted by atomic mass is 10.1. The van der Waals surface area contributed by atoms with Gasteiger partial charge in [0.1, 0.15) is 5.75 Å². The van der Waals surface area contributed by atoms with Crippen LogP contribution in [0.4, 0.5) is 5.69 Å². The summed E-state index contributed by atoms with van der Waals surface area (Å²) in [6.45, 7) is 1.57. The van der Waals surface area contributed by atoms with E-state index in [0.717, 1.165) is 15.6 Å². The lowest BCUT2D eigenvalue weighted by molar-refractivity contribution is -0.131. The summed E-state index contributed by atoms with van der Waals surface area (Å²) in [6, 6.07) is 21.2. The van der Waals surface area contributed by atoms with E-state index < -0.39 is 5.97 Å². The molecule has 0 bridgehead atoms. The van der Waals surface area contributed by atoms with Crippen LogP contribution >= 0.6 is 15.9 Å². The maximum Gasteiger partial charge on any atom is 0.308 e. The number of esters is 1. The van der Waals surface area contributed by atoms with E-state index in [1.165, 1.54) is 19.1 Å². The quantitative estimate of drug-likeness (QED) is 0.277. The van der Waals surface area contributed by atoms with Gasteiger partial charge in [0.05, 0.1) is 0 Å². The van der Waals surface area contributed by atoms with Gasteiger partial charge in [-0.2, -0.15) is 0 Å². The number of rotatable bonds is 7. The second-order valence-corrected chi connectivity index (χ2v) is 7.70. The number of carbonyl (C=O) groups is 3. The number of carbonyl (C=O) groups excluding carboxylic acids is 3. The number of halogens is 1. The van der Waals surface area contributed by atoms with Crippen molar-refractivity contribution in [1.29, 1.82) is 0 Å². The molecular formula is C25H21BrN2O4. The SMILES string of the molecule is CC(=O)Oc1cccc(C(=O)NCc2cccc(NC(=O)/C=C/c3ccccc3Br)c2)c1. The molecule has 0 heterocycles. The van der Waals surface area contributed by atoms with Gasteiger partial charge in [0, 0.05) is 35.3 Å². The first-order chi connectivity index (χ1) is 15.4. The molecule has 0 aliphatic carbocycles. The fourth-order valence-corrected chi connectivity index (χ4v) is 3.29. The van der Waals surface area contributed by atoms with Gasteiger partial charge in [0.25, 0.3) is 5.91 Å². The number of hydrogen-bond donors (Lipinski definition) is 2. The van der Waals surface area contributed by atoms with Crippen LogP contribution in [-0.2, 0) is 16.1 Å². The van der Waals surface area contributed by atoms with Gasteiger partial charge >= 0.3 is 5.97 Å². The van der Waals surface area contributed by atoms with Gasteiger partial charge in [0.2, 0.25) is 5.91 Å². The van der Waals surface area contributed by atoms with Crippen LogP contribution in [0.2, 0.25) is 0 Å². The normalized spacial score (nSPS) is 10.6. The standard InChI is InChI=1S/C25H21BrN2O4/c1-17(29)32-22-10-5-8-20(15-22)25(31)27-16-18-6-4-9-21(14-18)28-24(30)13-12-19-7-2-3-11-23(19)26/h2-15H,16H2,1H3,(H,27,31)(H,28,30)/b13-12+. The molecule has 0 radical (unpaired) electrons. The molecule has 3 aromatic rings. The molecule has 0 saturated carbocycles. The summed E-state index contributed by atoms with van der Waals surface area (Å²) < 4.78 is 5.91. The van der Waals surface area contributed by atoms with Crippen molar-refractivity contribution in [3.63, 3.8) is 0 Å². The Morgan fingerprint density at radius 1 is 0.969 bits per heavy atom. The summed E-state index contributed by atoms with van der Waals surface area (Å²) in [6.07, 6.45) is 3.19. The molecule has 7 heteroatoms. The van der Waals surface area contributed by atoms with Crippen LogP contribution in [0, 0.1) is 0 Å². The van der Waals surface area contributed by atoms with E-state index in [0.29, 0.717) is 17.0 Å². The van der Waals surface area contributed by atoms with Crippen molar-refractivity contribution in [2.45, 2.75) is 13.5 Å². The minimum Gasteiger partial charge on any atom is -0.427 e. The Kier molecular flexibility index (Phi) is 7.94. The van der Waals surface area contributed by atoms with Crippen molar-refractivity contribution < 1.29 is 19.1 Å².